The van der Waals surface area contributed by atoms with Gasteiger partial charge in [0, 0.05) is 25.7 Å². The van der Waals surface area contributed by atoms with Gasteiger partial charge in [-0.2, -0.15) is 0 Å². The van der Waals surface area contributed by atoms with Gasteiger partial charge in [0.2, 0.25) is 0 Å². The fraction of sp³-hybridized carbons (Fsp3) is 0.571. The Morgan fingerprint density at radius 3 is 3.16 bits per heavy atom. The van der Waals surface area contributed by atoms with Gasteiger partial charge in [0.15, 0.2) is 0 Å². The summed E-state index contributed by atoms with van der Waals surface area (Å²) in [5.74, 6) is 1.14. The van der Waals surface area contributed by atoms with E-state index in [0.29, 0.717) is 0 Å². The second-order valence-corrected chi connectivity index (χ2v) is 6.36. The number of nitrogens with zero attached hydrogens (tertiary/aromatic N) is 4. The molecule has 0 aliphatic carbocycles. The minimum absolute atomic E-state index is 0.728. The first-order valence-electron chi connectivity index (χ1n) is 7.09. The zero-order chi connectivity index (χ0) is 12.7. The van der Waals surface area contributed by atoms with Crippen LogP contribution in [0.15, 0.2) is 17.8 Å². The Balaban J connectivity index is 1.64. The van der Waals surface area contributed by atoms with Crippen molar-refractivity contribution in [1.29, 1.82) is 0 Å². The predicted octanol–water partition coefficient (Wildman–Crippen LogP) is 2.37. The van der Waals surface area contributed by atoms with Gasteiger partial charge < -0.3 is 4.90 Å². The number of fused-ring (bicyclic) bond motifs is 2. The molecule has 0 N–H and O–H groups in total. The maximum atomic E-state index is 4.54. The van der Waals surface area contributed by atoms with Crippen LogP contribution in [0.5, 0.6) is 0 Å². The molecule has 0 bridgehead atoms. The standard InChI is InChI=1S/C14H18N4S/c1-2-5-17-6-7-18(9-11(17)3-1)13-12-4-8-19-14(12)16-10-15-13/h4,8,10-11H,1-3,5-7,9H2. The van der Waals surface area contributed by atoms with Crippen molar-refractivity contribution in [2.45, 2.75) is 25.3 Å². The SMILES string of the molecule is c1nc(N2CCN3CCCCC3C2)c2ccsc2n1. The molecular formula is C14H18N4S. The van der Waals surface area contributed by atoms with Crippen molar-refractivity contribution < 1.29 is 0 Å². The van der Waals surface area contributed by atoms with E-state index in [0.717, 1.165) is 29.8 Å². The third-order valence-corrected chi connectivity index (χ3v) is 5.20. The molecule has 0 radical (unpaired) electrons. The molecule has 5 heteroatoms. The van der Waals surface area contributed by atoms with Gasteiger partial charge in [0.05, 0.1) is 5.39 Å². The zero-order valence-electron chi connectivity index (χ0n) is 11.0. The Bertz CT molecular complexity index is 582. The maximum absolute atomic E-state index is 4.54. The Labute approximate surface area is 117 Å². The van der Waals surface area contributed by atoms with E-state index in [1.165, 1.54) is 37.7 Å². The minimum Gasteiger partial charge on any atom is -0.353 e. The summed E-state index contributed by atoms with van der Waals surface area (Å²) in [5, 5.41) is 3.33. The van der Waals surface area contributed by atoms with Crippen molar-refractivity contribution in [2.75, 3.05) is 31.1 Å². The van der Waals surface area contributed by atoms with Gasteiger partial charge in [-0.25, -0.2) is 9.97 Å². The molecule has 2 aromatic heterocycles. The summed E-state index contributed by atoms with van der Waals surface area (Å²) in [6.45, 7) is 4.69. The number of piperazine rings is 1. The average molecular weight is 274 g/mol. The highest BCUT2D eigenvalue weighted by molar-refractivity contribution is 7.16. The zero-order valence-corrected chi connectivity index (χ0v) is 11.8. The van der Waals surface area contributed by atoms with Gasteiger partial charge >= 0.3 is 0 Å². The smallest absolute Gasteiger partial charge is 0.140 e. The third kappa shape index (κ3) is 2.01. The van der Waals surface area contributed by atoms with Gasteiger partial charge in [-0.05, 0) is 30.8 Å². The van der Waals surface area contributed by atoms with Crippen LogP contribution in [-0.2, 0) is 0 Å². The molecule has 4 heterocycles. The molecule has 100 valence electrons. The van der Waals surface area contributed by atoms with Crippen molar-refractivity contribution in [2.24, 2.45) is 0 Å². The number of hydrogen-bond acceptors (Lipinski definition) is 5. The van der Waals surface area contributed by atoms with Gasteiger partial charge in [0.1, 0.15) is 17.0 Å². The summed E-state index contributed by atoms with van der Waals surface area (Å²) in [6.07, 6.45) is 5.81. The second kappa shape index (κ2) is 4.72. The Kier molecular flexibility index (Phi) is 2.89. The summed E-state index contributed by atoms with van der Waals surface area (Å²) in [7, 11) is 0. The van der Waals surface area contributed by atoms with Gasteiger partial charge in [-0.15, -0.1) is 11.3 Å². The van der Waals surface area contributed by atoms with Crippen LogP contribution in [0.4, 0.5) is 5.82 Å². The van der Waals surface area contributed by atoms with Crippen molar-refractivity contribution in [3.63, 3.8) is 0 Å². The van der Waals surface area contributed by atoms with Crippen LogP contribution < -0.4 is 4.90 Å². The van der Waals surface area contributed by atoms with Crippen LogP contribution >= 0.6 is 11.3 Å². The lowest BCUT2D eigenvalue weighted by atomic mass is 9.99. The number of rotatable bonds is 1. The molecule has 1 unspecified atom stereocenters. The first-order valence-corrected chi connectivity index (χ1v) is 7.97. The predicted molar refractivity (Wildman–Crippen MR) is 78.8 cm³/mol. The first-order chi connectivity index (χ1) is 9.42. The summed E-state index contributed by atoms with van der Waals surface area (Å²) in [5.41, 5.74) is 0. The third-order valence-electron chi connectivity index (χ3n) is 4.38. The van der Waals surface area contributed by atoms with E-state index < -0.39 is 0 Å². The molecule has 2 saturated heterocycles. The van der Waals surface area contributed by atoms with Crippen LogP contribution in [0, 0.1) is 0 Å². The fourth-order valence-electron chi connectivity index (χ4n) is 3.38. The van der Waals surface area contributed by atoms with Crippen LogP contribution in [0.3, 0.4) is 0 Å². The quantitative estimate of drug-likeness (QED) is 0.799. The van der Waals surface area contributed by atoms with E-state index in [4.69, 9.17) is 0 Å². The Morgan fingerprint density at radius 1 is 1.16 bits per heavy atom. The molecule has 0 saturated carbocycles. The molecule has 2 fully saturated rings. The topological polar surface area (TPSA) is 32.3 Å². The van der Waals surface area contributed by atoms with Crippen LogP contribution in [0.1, 0.15) is 19.3 Å². The fourth-order valence-corrected chi connectivity index (χ4v) is 4.10. The summed E-state index contributed by atoms with van der Waals surface area (Å²) in [6, 6.07) is 2.88. The average Bonchev–Trinajstić information content (AvgIpc) is 2.95. The summed E-state index contributed by atoms with van der Waals surface area (Å²) in [4.78, 5) is 15.1. The van der Waals surface area contributed by atoms with E-state index in [-0.39, 0.29) is 0 Å². The lowest BCUT2D eigenvalue weighted by Gasteiger charge is -2.44. The molecule has 0 aromatic carbocycles. The van der Waals surface area contributed by atoms with Crippen molar-refractivity contribution in [3.8, 4) is 0 Å². The number of hydrogen-bond donors (Lipinski definition) is 0. The molecular weight excluding hydrogens is 256 g/mol. The molecule has 4 rings (SSSR count). The number of aromatic nitrogens is 2. The van der Waals surface area contributed by atoms with E-state index in [1.54, 1.807) is 17.7 Å². The van der Waals surface area contributed by atoms with Gasteiger partial charge in [-0.1, -0.05) is 6.42 Å². The highest BCUT2D eigenvalue weighted by Gasteiger charge is 2.30. The van der Waals surface area contributed by atoms with E-state index in [9.17, 15) is 0 Å². The van der Waals surface area contributed by atoms with Gasteiger partial charge in [0.25, 0.3) is 0 Å². The molecule has 1 atom stereocenters. The van der Waals surface area contributed by atoms with Crippen molar-refractivity contribution in [1.82, 2.24) is 14.9 Å². The minimum atomic E-state index is 0.728. The van der Waals surface area contributed by atoms with Crippen LogP contribution in [0.2, 0.25) is 0 Å². The maximum Gasteiger partial charge on any atom is 0.140 e. The van der Waals surface area contributed by atoms with Gasteiger partial charge in [-0.3, -0.25) is 4.90 Å². The molecule has 2 aliphatic heterocycles. The van der Waals surface area contributed by atoms with E-state index >= 15 is 0 Å². The highest BCUT2D eigenvalue weighted by atomic mass is 32.1. The monoisotopic (exact) mass is 274 g/mol. The second-order valence-electron chi connectivity index (χ2n) is 5.47. The largest absolute Gasteiger partial charge is 0.353 e. The van der Waals surface area contributed by atoms with E-state index in [1.807, 2.05) is 0 Å². The van der Waals surface area contributed by atoms with Crippen LogP contribution in [-0.4, -0.2) is 47.1 Å². The number of anilines is 1. The lowest BCUT2D eigenvalue weighted by molar-refractivity contribution is 0.133. The summed E-state index contributed by atoms with van der Waals surface area (Å²) < 4.78 is 0. The van der Waals surface area contributed by atoms with Crippen LogP contribution in [0.25, 0.3) is 10.2 Å². The number of piperidine rings is 1. The molecule has 2 aromatic rings. The molecule has 0 amide bonds. The normalized spacial score (nSPS) is 24.6. The first kappa shape index (κ1) is 11.6. The Morgan fingerprint density at radius 2 is 2.16 bits per heavy atom. The highest BCUT2D eigenvalue weighted by Crippen LogP contribution is 2.30. The summed E-state index contributed by atoms with van der Waals surface area (Å²) >= 11 is 1.70. The number of thiophene rings is 1. The van der Waals surface area contributed by atoms with Crippen molar-refractivity contribution in [3.05, 3.63) is 17.8 Å². The lowest BCUT2D eigenvalue weighted by Crippen LogP contribution is -2.55. The van der Waals surface area contributed by atoms with E-state index in [2.05, 4.69) is 31.2 Å². The molecule has 2 aliphatic rings. The molecule has 4 nitrogen and oxygen atoms in total. The van der Waals surface area contributed by atoms with Crippen molar-refractivity contribution >= 4 is 27.4 Å². The molecule has 0 spiro atoms. The molecule has 19 heavy (non-hydrogen) atoms. The Hall–Kier alpha value is -1.20.